The van der Waals surface area contributed by atoms with E-state index in [0.29, 0.717) is 0 Å². The molecule has 9 aromatic carbocycles. The molecule has 0 aliphatic heterocycles. The Morgan fingerprint density at radius 1 is 0.383 bits per heavy atom. The van der Waals surface area contributed by atoms with E-state index in [1.807, 2.05) is 0 Å². The number of benzene rings is 9. The zero-order chi connectivity index (χ0) is 40.0. The predicted octanol–water partition coefficient (Wildman–Crippen LogP) is 16.3. The lowest BCUT2D eigenvalue weighted by Crippen LogP contribution is -2.28. The normalized spacial score (nSPS) is 15.4. The summed E-state index contributed by atoms with van der Waals surface area (Å²) in [6.45, 7) is 4.77. The van der Waals surface area contributed by atoms with Crippen LogP contribution in [0.4, 0.5) is 17.1 Å². The summed E-state index contributed by atoms with van der Waals surface area (Å²) in [4.78, 5) is 2.54. The molecule has 0 saturated heterocycles. The average Bonchev–Trinajstić information content (AvgIpc) is 3.71. The third-order valence-electron chi connectivity index (χ3n) is 14.5. The van der Waals surface area contributed by atoms with E-state index in [4.69, 9.17) is 0 Å². The van der Waals surface area contributed by atoms with Crippen molar-refractivity contribution in [3.63, 3.8) is 0 Å². The van der Waals surface area contributed by atoms with E-state index in [-0.39, 0.29) is 10.8 Å². The minimum Gasteiger partial charge on any atom is -0.310 e. The monoisotopic (exact) mass is 769 g/mol. The van der Waals surface area contributed by atoms with Gasteiger partial charge in [0.15, 0.2) is 0 Å². The maximum absolute atomic E-state index is 2.56. The quantitative estimate of drug-likeness (QED) is 0.158. The first kappa shape index (κ1) is 35.3. The zero-order valence-corrected chi connectivity index (χ0v) is 34.4. The van der Waals surface area contributed by atoms with E-state index in [0.717, 1.165) is 5.69 Å². The van der Waals surface area contributed by atoms with E-state index in [9.17, 15) is 0 Å². The lowest BCUT2D eigenvalue weighted by molar-refractivity contribution is 0.353. The first-order valence-electron chi connectivity index (χ1n) is 21.9. The van der Waals surface area contributed by atoms with E-state index in [1.165, 1.54) is 132 Å². The molecule has 0 N–H and O–H groups in total. The van der Waals surface area contributed by atoms with Gasteiger partial charge in [-0.15, -0.1) is 0 Å². The highest BCUT2D eigenvalue weighted by molar-refractivity contribution is 6.13. The van der Waals surface area contributed by atoms with Gasteiger partial charge < -0.3 is 4.90 Å². The van der Waals surface area contributed by atoms with Crippen LogP contribution in [0.3, 0.4) is 0 Å². The van der Waals surface area contributed by atoms with Gasteiger partial charge in [0, 0.05) is 27.8 Å². The van der Waals surface area contributed by atoms with Crippen molar-refractivity contribution < 1.29 is 0 Å². The van der Waals surface area contributed by atoms with Crippen LogP contribution in [0.25, 0.3) is 66.1 Å². The molecule has 0 unspecified atom stereocenters. The van der Waals surface area contributed by atoms with E-state index in [2.05, 4.69) is 207 Å². The van der Waals surface area contributed by atoms with Gasteiger partial charge in [-0.3, -0.25) is 0 Å². The Balaban J connectivity index is 1.05. The highest BCUT2D eigenvalue weighted by atomic mass is 15.1. The smallest absolute Gasteiger partial charge is 0.0540 e. The highest BCUT2D eigenvalue weighted by Crippen LogP contribution is 2.57. The molecule has 0 amide bonds. The van der Waals surface area contributed by atoms with Gasteiger partial charge in [-0.1, -0.05) is 191 Å². The van der Waals surface area contributed by atoms with Gasteiger partial charge >= 0.3 is 0 Å². The van der Waals surface area contributed by atoms with Crippen molar-refractivity contribution in [1.29, 1.82) is 0 Å². The van der Waals surface area contributed by atoms with Gasteiger partial charge in [0.1, 0.15) is 0 Å². The molecule has 0 atom stereocenters. The number of hydrogen-bond acceptors (Lipinski definition) is 1. The van der Waals surface area contributed by atoms with Gasteiger partial charge in [-0.25, -0.2) is 0 Å². The fourth-order valence-corrected chi connectivity index (χ4v) is 11.8. The highest BCUT2D eigenvalue weighted by Gasteiger charge is 2.44. The topological polar surface area (TPSA) is 3.24 Å². The van der Waals surface area contributed by atoms with Crippen molar-refractivity contribution in [1.82, 2.24) is 0 Å². The van der Waals surface area contributed by atoms with Crippen LogP contribution >= 0.6 is 0 Å². The van der Waals surface area contributed by atoms with Gasteiger partial charge in [0.05, 0.1) is 5.69 Å². The van der Waals surface area contributed by atoms with Crippen molar-refractivity contribution in [2.45, 2.75) is 56.8 Å². The molecule has 12 rings (SSSR count). The molecule has 288 valence electrons. The van der Waals surface area contributed by atoms with Crippen LogP contribution in [0.15, 0.2) is 188 Å². The molecule has 9 aromatic rings. The molecule has 60 heavy (non-hydrogen) atoms. The SMILES string of the molecule is CC1(C)c2ccccc2-c2cccc(-c3ccc(N(c4ccc5c(c4)C4(CCCCC4)c4ccccc4-5)c4ccccc4-c4cccc5c4ccc4ccccc45)cc3)c21. The molecule has 0 heterocycles. The fourth-order valence-electron chi connectivity index (χ4n) is 11.8. The summed E-state index contributed by atoms with van der Waals surface area (Å²) in [6, 6.07) is 71.1. The number of fused-ring (bicyclic) bond motifs is 11. The van der Waals surface area contributed by atoms with Crippen molar-refractivity contribution in [2.75, 3.05) is 4.90 Å². The van der Waals surface area contributed by atoms with Crippen molar-refractivity contribution in [3.8, 4) is 44.5 Å². The van der Waals surface area contributed by atoms with Gasteiger partial charge in [-0.2, -0.15) is 0 Å². The Hall–Kier alpha value is -6.70. The molecular weight excluding hydrogens is 723 g/mol. The standard InChI is InChI=1S/C59H47N/c1-58(2)53-25-9-6-19-49(53)52-24-14-21-44(57(52)58)40-28-31-41(32-29-40)60(42-33-35-50-48-18-7-10-26-54(48)59(55(50)38-42)36-12-3-13-37-59)56-27-11-8-20-51(56)46-23-15-22-45-43-17-5-4-16-39(43)30-34-47(45)46/h4-11,14-35,38H,3,12-13,36-37H2,1-2H3. The molecule has 3 aliphatic rings. The second kappa shape index (κ2) is 13.4. The summed E-state index contributed by atoms with van der Waals surface area (Å²) in [5.41, 5.74) is 19.9. The van der Waals surface area contributed by atoms with Crippen LogP contribution in [-0.4, -0.2) is 0 Å². The number of rotatable bonds is 5. The molecule has 3 aliphatic carbocycles. The Morgan fingerprint density at radius 2 is 0.983 bits per heavy atom. The summed E-state index contributed by atoms with van der Waals surface area (Å²) >= 11 is 0. The third-order valence-corrected chi connectivity index (χ3v) is 14.5. The summed E-state index contributed by atoms with van der Waals surface area (Å²) in [6.07, 6.45) is 6.27. The van der Waals surface area contributed by atoms with Crippen molar-refractivity contribution in [2.24, 2.45) is 0 Å². The molecule has 0 radical (unpaired) electrons. The van der Waals surface area contributed by atoms with E-state index < -0.39 is 0 Å². The zero-order valence-electron chi connectivity index (χ0n) is 34.4. The van der Waals surface area contributed by atoms with Gasteiger partial charge in [0.25, 0.3) is 0 Å². The second-order valence-electron chi connectivity index (χ2n) is 17.9. The van der Waals surface area contributed by atoms with Crippen LogP contribution in [0, 0.1) is 0 Å². The molecule has 0 aromatic heterocycles. The average molecular weight is 770 g/mol. The van der Waals surface area contributed by atoms with Crippen molar-refractivity contribution >= 4 is 38.6 Å². The summed E-state index contributed by atoms with van der Waals surface area (Å²) in [7, 11) is 0. The van der Waals surface area contributed by atoms with Gasteiger partial charge in [0.2, 0.25) is 0 Å². The lowest BCUT2D eigenvalue weighted by Gasteiger charge is -2.37. The lowest BCUT2D eigenvalue weighted by atomic mass is 9.68. The largest absolute Gasteiger partial charge is 0.310 e. The van der Waals surface area contributed by atoms with E-state index >= 15 is 0 Å². The predicted molar refractivity (Wildman–Crippen MR) is 254 cm³/mol. The Bertz CT molecular complexity index is 3160. The van der Waals surface area contributed by atoms with Crippen LogP contribution in [0.2, 0.25) is 0 Å². The number of para-hydroxylation sites is 1. The maximum atomic E-state index is 2.56. The van der Waals surface area contributed by atoms with Crippen LogP contribution in [0.5, 0.6) is 0 Å². The first-order chi connectivity index (χ1) is 29.5. The first-order valence-corrected chi connectivity index (χ1v) is 21.9. The van der Waals surface area contributed by atoms with Gasteiger partial charge in [-0.05, 0) is 126 Å². The molecular formula is C59H47N. The van der Waals surface area contributed by atoms with Crippen LogP contribution < -0.4 is 4.90 Å². The summed E-state index contributed by atoms with van der Waals surface area (Å²) in [5.74, 6) is 0. The number of hydrogen-bond donors (Lipinski definition) is 0. The summed E-state index contributed by atoms with van der Waals surface area (Å²) < 4.78 is 0. The molecule has 1 heteroatoms. The molecule has 0 bridgehead atoms. The van der Waals surface area contributed by atoms with Crippen molar-refractivity contribution in [3.05, 3.63) is 210 Å². The molecule has 1 spiro atoms. The molecule has 1 fully saturated rings. The Labute approximate surface area is 353 Å². The number of anilines is 3. The summed E-state index contributed by atoms with van der Waals surface area (Å²) in [5, 5.41) is 5.11. The van der Waals surface area contributed by atoms with Crippen LogP contribution in [0.1, 0.15) is 68.2 Å². The minimum absolute atomic E-state index is 0.0595. The fraction of sp³-hybridized carbons (Fsp3) is 0.153. The van der Waals surface area contributed by atoms with Crippen LogP contribution in [-0.2, 0) is 10.8 Å². The molecule has 1 nitrogen and oxygen atoms in total. The Kier molecular flexibility index (Phi) is 7.88. The third kappa shape index (κ3) is 5.11. The second-order valence-corrected chi connectivity index (χ2v) is 17.9. The Morgan fingerprint density at radius 3 is 1.82 bits per heavy atom. The maximum Gasteiger partial charge on any atom is 0.0540 e. The number of nitrogens with zero attached hydrogens (tertiary/aromatic N) is 1. The minimum atomic E-state index is -0.0903. The molecule has 1 saturated carbocycles. The van der Waals surface area contributed by atoms with E-state index in [1.54, 1.807) is 0 Å².